The topological polar surface area (TPSA) is 73.6 Å². The summed E-state index contributed by atoms with van der Waals surface area (Å²) < 4.78 is 16.2. The molecule has 3 aromatic rings. The van der Waals surface area contributed by atoms with Gasteiger partial charge in [0, 0.05) is 12.1 Å². The summed E-state index contributed by atoms with van der Waals surface area (Å²) in [6.07, 6.45) is 0.756. The molecular formula is C21H22N2O4. The van der Waals surface area contributed by atoms with Crippen molar-refractivity contribution in [1.29, 1.82) is 0 Å². The van der Waals surface area contributed by atoms with E-state index in [9.17, 15) is 4.79 Å². The van der Waals surface area contributed by atoms with E-state index in [1.807, 2.05) is 36.4 Å². The smallest absolute Gasteiger partial charge is 0.273 e. The lowest BCUT2D eigenvalue weighted by Crippen LogP contribution is -2.26. The summed E-state index contributed by atoms with van der Waals surface area (Å²) in [6.45, 7) is 2.25. The molecule has 2 aromatic carbocycles. The largest absolute Gasteiger partial charge is 0.493 e. The van der Waals surface area contributed by atoms with E-state index in [0.29, 0.717) is 35.3 Å². The number of nitrogens with zero attached hydrogens (tertiary/aromatic N) is 1. The molecule has 0 unspecified atom stereocenters. The SMILES string of the molecule is COc1ccc(-c2nc(C(=O)NCCc3ccccc3)c(C)o2)cc1OC. The quantitative estimate of drug-likeness (QED) is 0.691. The Morgan fingerprint density at radius 2 is 1.81 bits per heavy atom. The van der Waals surface area contributed by atoms with E-state index in [1.165, 1.54) is 5.56 Å². The fourth-order valence-corrected chi connectivity index (χ4v) is 2.75. The van der Waals surface area contributed by atoms with Crippen molar-refractivity contribution in [3.05, 3.63) is 65.5 Å². The number of aryl methyl sites for hydroxylation is 1. The number of hydrogen-bond donors (Lipinski definition) is 1. The lowest BCUT2D eigenvalue weighted by atomic mass is 10.1. The number of methoxy groups -OCH3 is 2. The number of rotatable bonds is 7. The van der Waals surface area contributed by atoms with Crippen LogP contribution in [0.5, 0.6) is 11.5 Å². The summed E-state index contributed by atoms with van der Waals surface area (Å²) in [5.74, 6) is 1.76. The van der Waals surface area contributed by atoms with Gasteiger partial charge in [0.05, 0.1) is 14.2 Å². The Morgan fingerprint density at radius 3 is 2.52 bits per heavy atom. The normalized spacial score (nSPS) is 10.5. The molecule has 1 aromatic heterocycles. The van der Waals surface area contributed by atoms with E-state index in [1.54, 1.807) is 33.3 Å². The second-order valence-corrected chi connectivity index (χ2v) is 5.99. The summed E-state index contributed by atoms with van der Waals surface area (Å²) in [6, 6.07) is 15.3. The van der Waals surface area contributed by atoms with Gasteiger partial charge in [-0.3, -0.25) is 4.79 Å². The van der Waals surface area contributed by atoms with Crippen LogP contribution in [0.1, 0.15) is 21.8 Å². The first kappa shape index (κ1) is 18.5. The van der Waals surface area contributed by atoms with E-state index in [-0.39, 0.29) is 11.6 Å². The van der Waals surface area contributed by atoms with Gasteiger partial charge in [-0.1, -0.05) is 30.3 Å². The lowest BCUT2D eigenvalue weighted by Gasteiger charge is -2.07. The Morgan fingerprint density at radius 1 is 1.07 bits per heavy atom. The summed E-state index contributed by atoms with van der Waals surface area (Å²) in [7, 11) is 3.14. The average Bonchev–Trinajstić information content (AvgIpc) is 3.10. The Kier molecular flexibility index (Phi) is 5.76. The van der Waals surface area contributed by atoms with Crippen molar-refractivity contribution in [2.75, 3.05) is 20.8 Å². The fraction of sp³-hybridized carbons (Fsp3) is 0.238. The van der Waals surface area contributed by atoms with E-state index in [4.69, 9.17) is 13.9 Å². The van der Waals surface area contributed by atoms with Crippen LogP contribution in [0, 0.1) is 6.92 Å². The van der Waals surface area contributed by atoms with Gasteiger partial charge in [-0.2, -0.15) is 0 Å². The highest BCUT2D eigenvalue weighted by Crippen LogP contribution is 2.32. The molecule has 6 heteroatoms. The standard InChI is InChI=1S/C21H22N2O4/c1-14-19(20(24)22-12-11-15-7-5-4-6-8-15)23-21(27-14)16-9-10-17(25-2)18(13-16)26-3/h4-10,13H,11-12H2,1-3H3,(H,22,24). The average molecular weight is 366 g/mol. The third kappa shape index (κ3) is 4.28. The first-order valence-corrected chi connectivity index (χ1v) is 8.64. The third-order valence-electron chi connectivity index (χ3n) is 4.18. The van der Waals surface area contributed by atoms with Gasteiger partial charge < -0.3 is 19.2 Å². The molecule has 0 spiro atoms. The Bertz CT molecular complexity index is 919. The van der Waals surface area contributed by atoms with Crippen LogP contribution in [0.15, 0.2) is 52.9 Å². The minimum absolute atomic E-state index is 0.251. The predicted octanol–water partition coefficient (Wildman–Crippen LogP) is 3.64. The highest BCUT2D eigenvalue weighted by atomic mass is 16.5. The van der Waals surface area contributed by atoms with E-state index < -0.39 is 0 Å². The highest BCUT2D eigenvalue weighted by Gasteiger charge is 2.18. The van der Waals surface area contributed by atoms with Crippen molar-refractivity contribution in [2.45, 2.75) is 13.3 Å². The van der Waals surface area contributed by atoms with E-state index >= 15 is 0 Å². The molecule has 6 nitrogen and oxygen atoms in total. The zero-order valence-electron chi connectivity index (χ0n) is 15.6. The molecular weight excluding hydrogens is 344 g/mol. The number of carbonyl (C=O) groups is 1. The molecule has 0 aliphatic carbocycles. The van der Waals surface area contributed by atoms with E-state index in [0.717, 1.165) is 6.42 Å². The molecule has 1 heterocycles. The summed E-state index contributed by atoms with van der Waals surface area (Å²) in [5.41, 5.74) is 2.16. The Balaban J connectivity index is 1.71. The van der Waals surface area contributed by atoms with Gasteiger partial charge in [-0.15, -0.1) is 0 Å². The number of benzene rings is 2. The monoisotopic (exact) mass is 366 g/mol. The molecule has 1 amide bonds. The molecule has 0 aliphatic rings. The molecule has 3 rings (SSSR count). The van der Waals surface area contributed by atoms with Gasteiger partial charge in [0.25, 0.3) is 5.91 Å². The molecule has 0 radical (unpaired) electrons. The van der Waals surface area contributed by atoms with Crippen LogP contribution >= 0.6 is 0 Å². The van der Waals surface area contributed by atoms with Crippen LogP contribution in [-0.2, 0) is 6.42 Å². The molecule has 0 fully saturated rings. The minimum Gasteiger partial charge on any atom is -0.493 e. The van der Waals surface area contributed by atoms with Crippen LogP contribution in [0.4, 0.5) is 0 Å². The molecule has 0 saturated carbocycles. The number of oxazole rings is 1. The van der Waals surface area contributed by atoms with Crippen LogP contribution in [0.25, 0.3) is 11.5 Å². The number of hydrogen-bond acceptors (Lipinski definition) is 5. The first-order valence-electron chi connectivity index (χ1n) is 8.64. The first-order chi connectivity index (χ1) is 13.1. The van der Waals surface area contributed by atoms with Crippen molar-refractivity contribution in [2.24, 2.45) is 0 Å². The Hall–Kier alpha value is -3.28. The number of amides is 1. The fourth-order valence-electron chi connectivity index (χ4n) is 2.75. The maximum atomic E-state index is 12.4. The third-order valence-corrected chi connectivity index (χ3v) is 4.18. The summed E-state index contributed by atoms with van der Waals surface area (Å²) in [5, 5.41) is 2.89. The van der Waals surface area contributed by atoms with Gasteiger partial charge in [0.1, 0.15) is 5.76 Å². The van der Waals surface area contributed by atoms with Gasteiger partial charge >= 0.3 is 0 Å². The second kappa shape index (κ2) is 8.40. The Labute approximate surface area is 158 Å². The van der Waals surface area contributed by atoms with Crippen LogP contribution < -0.4 is 14.8 Å². The summed E-state index contributed by atoms with van der Waals surface area (Å²) in [4.78, 5) is 16.8. The van der Waals surface area contributed by atoms with Crippen LogP contribution in [0.2, 0.25) is 0 Å². The summed E-state index contributed by atoms with van der Waals surface area (Å²) >= 11 is 0. The second-order valence-electron chi connectivity index (χ2n) is 5.99. The van der Waals surface area contributed by atoms with Gasteiger partial charge in [0.15, 0.2) is 17.2 Å². The molecule has 27 heavy (non-hydrogen) atoms. The van der Waals surface area contributed by atoms with Crippen molar-refractivity contribution in [3.63, 3.8) is 0 Å². The van der Waals surface area contributed by atoms with Gasteiger partial charge in [-0.25, -0.2) is 4.98 Å². The highest BCUT2D eigenvalue weighted by molar-refractivity contribution is 5.93. The molecule has 0 saturated heterocycles. The number of nitrogens with one attached hydrogen (secondary N) is 1. The zero-order chi connectivity index (χ0) is 19.2. The lowest BCUT2D eigenvalue weighted by molar-refractivity contribution is 0.0948. The molecule has 1 N–H and O–H groups in total. The van der Waals surface area contributed by atoms with Crippen LogP contribution in [0.3, 0.4) is 0 Å². The maximum absolute atomic E-state index is 12.4. The predicted molar refractivity (Wildman–Crippen MR) is 102 cm³/mol. The molecule has 0 atom stereocenters. The maximum Gasteiger partial charge on any atom is 0.273 e. The molecule has 0 aliphatic heterocycles. The molecule has 140 valence electrons. The van der Waals surface area contributed by atoms with Crippen LogP contribution in [-0.4, -0.2) is 31.7 Å². The van der Waals surface area contributed by atoms with Crippen molar-refractivity contribution in [3.8, 4) is 23.0 Å². The van der Waals surface area contributed by atoms with Gasteiger partial charge in [0.2, 0.25) is 5.89 Å². The number of carbonyl (C=O) groups excluding carboxylic acids is 1. The number of ether oxygens (including phenoxy) is 2. The van der Waals surface area contributed by atoms with Crippen molar-refractivity contribution >= 4 is 5.91 Å². The minimum atomic E-state index is -0.251. The van der Waals surface area contributed by atoms with Crippen molar-refractivity contribution in [1.82, 2.24) is 10.3 Å². The van der Waals surface area contributed by atoms with Crippen molar-refractivity contribution < 1.29 is 18.7 Å². The zero-order valence-corrected chi connectivity index (χ0v) is 15.6. The van der Waals surface area contributed by atoms with Gasteiger partial charge in [-0.05, 0) is 37.1 Å². The number of aromatic nitrogens is 1. The molecule has 0 bridgehead atoms. The van der Waals surface area contributed by atoms with E-state index in [2.05, 4.69) is 10.3 Å².